The third-order valence-corrected chi connectivity index (χ3v) is 5.09. The first kappa shape index (κ1) is 24.2. The summed E-state index contributed by atoms with van der Waals surface area (Å²) < 4.78 is 7.35. The first-order chi connectivity index (χ1) is 14.1. The average Bonchev–Trinajstić information content (AvgIpc) is 3.06. The van der Waals surface area contributed by atoms with Crippen LogP contribution in [0.15, 0.2) is 29.3 Å². The third kappa shape index (κ3) is 5.99. The molecule has 1 aromatic carbocycles. The van der Waals surface area contributed by atoms with E-state index in [1.165, 1.54) is 5.52 Å². The Balaban J connectivity index is 0.00000320. The number of aromatic nitrogens is 2. The fourth-order valence-corrected chi connectivity index (χ4v) is 3.63. The molecule has 9 heteroatoms. The highest BCUT2D eigenvalue weighted by Gasteiger charge is 2.23. The highest BCUT2D eigenvalue weighted by Crippen LogP contribution is 2.15. The van der Waals surface area contributed by atoms with E-state index in [9.17, 15) is 4.79 Å². The topological polar surface area (TPSA) is 75.0 Å². The second-order valence-corrected chi connectivity index (χ2v) is 7.06. The number of aliphatic imine (C=N–C) groups is 1. The molecule has 30 heavy (non-hydrogen) atoms. The SMILES string of the molecule is CCNC(=NCCCn1c(C)nc2ccccc21)N1CCN(C(=O)OCC)CC1.I. The number of carbonyl (C=O) groups is 1. The molecule has 1 N–H and O–H groups in total. The molecule has 8 nitrogen and oxygen atoms in total. The standard InChI is InChI=1S/C21H32N6O2.HI/c1-4-22-20(25-13-15-26(16-14-25)21(28)29-5-2)23-11-8-12-27-17(3)24-18-9-6-7-10-19(18)27;/h6-7,9-10H,4-5,8,11-16H2,1-3H3,(H,22,23);1H. The van der Waals surface area contributed by atoms with Crippen LogP contribution in [0.25, 0.3) is 11.0 Å². The molecule has 0 saturated carbocycles. The molecule has 1 amide bonds. The summed E-state index contributed by atoms with van der Waals surface area (Å²) in [6.07, 6.45) is 0.718. The van der Waals surface area contributed by atoms with Gasteiger partial charge in [0.05, 0.1) is 17.6 Å². The lowest BCUT2D eigenvalue weighted by Gasteiger charge is -2.35. The van der Waals surface area contributed by atoms with Crippen molar-refractivity contribution in [2.45, 2.75) is 33.7 Å². The van der Waals surface area contributed by atoms with Crippen molar-refractivity contribution in [3.05, 3.63) is 30.1 Å². The Kier molecular flexibility index (Phi) is 9.67. The van der Waals surface area contributed by atoms with Gasteiger partial charge in [0.25, 0.3) is 0 Å². The maximum atomic E-state index is 11.9. The number of imidazole rings is 1. The van der Waals surface area contributed by atoms with Crippen LogP contribution in [0.5, 0.6) is 0 Å². The zero-order chi connectivity index (χ0) is 20.6. The summed E-state index contributed by atoms with van der Waals surface area (Å²) >= 11 is 0. The van der Waals surface area contributed by atoms with Crippen LogP contribution in [-0.4, -0.2) is 77.3 Å². The molecule has 3 rings (SSSR count). The number of hydrogen-bond donors (Lipinski definition) is 1. The highest BCUT2D eigenvalue weighted by atomic mass is 127. The number of fused-ring (bicyclic) bond motifs is 1. The van der Waals surface area contributed by atoms with Crippen molar-refractivity contribution >= 4 is 47.1 Å². The van der Waals surface area contributed by atoms with Crippen LogP contribution in [0.4, 0.5) is 4.79 Å². The third-order valence-electron chi connectivity index (χ3n) is 5.09. The highest BCUT2D eigenvalue weighted by molar-refractivity contribution is 14.0. The lowest BCUT2D eigenvalue weighted by Crippen LogP contribution is -2.53. The molecule has 2 aromatic rings. The first-order valence-electron chi connectivity index (χ1n) is 10.5. The van der Waals surface area contributed by atoms with Gasteiger partial charge in [0.1, 0.15) is 5.82 Å². The molecule has 1 fully saturated rings. The number of ether oxygens (including phenoxy) is 1. The van der Waals surface area contributed by atoms with Crippen LogP contribution in [0.3, 0.4) is 0 Å². The van der Waals surface area contributed by atoms with Crippen molar-refractivity contribution in [3.8, 4) is 0 Å². The second kappa shape index (κ2) is 12.0. The lowest BCUT2D eigenvalue weighted by molar-refractivity contribution is 0.0914. The van der Waals surface area contributed by atoms with Gasteiger partial charge in [-0.15, -0.1) is 24.0 Å². The Hall–Kier alpha value is -2.04. The van der Waals surface area contributed by atoms with Gasteiger partial charge in [0, 0.05) is 45.8 Å². The first-order valence-corrected chi connectivity index (χ1v) is 10.5. The monoisotopic (exact) mass is 528 g/mol. The largest absolute Gasteiger partial charge is 0.450 e. The molecule has 0 radical (unpaired) electrons. The van der Waals surface area contributed by atoms with Gasteiger partial charge in [0.2, 0.25) is 0 Å². The number of piperazine rings is 1. The van der Waals surface area contributed by atoms with Gasteiger partial charge in [-0.3, -0.25) is 4.99 Å². The minimum atomic E-state index is -0.225. The summed E-state index contributed by atoms with van der Waals surface area (Å²) in [5.74, 6) is 1.96. The van der Waals surface area contributed by atoms with Gasteiger partial charge in [0.15, 0.2) is 5.96 Å². The molecule has 0 spiro atoms. The summed E-state index contributed by atoms with van der Waals surface area (Å²) in [6, 6.07) is 8.24. The van der Waals surface area contributed by atoms with E-state index in [1.807, 2.05) is 13.0 Å². The summed E-state index contributed by atoms with van der Waals surface area (Å²) in [6.45, 7) is 11.7. The molecule has 1 aliphatic heterocycles. The van der Waals surface area contributed by atoms with Crippen molar-refractivity contribution < 1.29 is 9.53 Å². The van der Waals surface area contributed by atoms with Crippen molar-refractivity contribution in [1.82, 2.24) is 24.7 Å². The number of rotatable bonds is 6. The number of halogens is 1. The molecule has 2 heterocycles. The normalized spacial score (nSPS) is 14.6. The van der Waals surface area contributed by atoms with E-state index >= 15 is 0 Å². The molecule has 0 unspecified atom stereocenters. The van der Waals surface area contributed by atoms with Crippen LogP contribution in [-0.2, 0) is 11.3 Å². The van der Waals surface area contributed by atoms with Crippen molar-refractivity contribution in [2.24, 2.45) is 4.99 Å². The predicted molar refractivity (Wildman–Crippen MR) is 131 cm³/mol. The fourth-order valence-electron chi connectivity index (χ4n) is 3.63. The summed E-state index contributed by atoms with van der Waals surface area (Å²) in [7, 11) is 0. The lowest BCUT2D eigenvalue weighted by atomic mass is 10.3. The van der Waals surface area contributed by atoms with E-state index in [4.69, 9.17) is 9.73 Å². The molecule has 0 bridgehead atoms. The zero-order valence-corrected chi connectivity index (χ0v) is 20.5. The van der Waals surface area contributed by atoms with Gasteiger partial charge < -0.3 is 24.4 Å². The summed E-state index contributed by atoms with van der Waals surface area (Å²) in [5, 5.41) is 3.38. The van der Waals surface area contributed by atoms with Crippen LogP contribution >= 0.6 is 24.0 Å². The Morgan fingerprint density at radius 2 is 1.87 bits per heavy atom. The number of para-hydroxylation sites is 2. The van der Waals surface area contributed by atoms with Gasteiger partial charge in [-0.1, -0.05) is 12.1 Å². The Morgan fingerprint density at radius 1 is 1.17 bits per heavy atom. The summed E-state index contributed by atoms with van der Waals surface area (Å²) in [5.41, 5.74) is 2.22. The van der Waals surface area contributed by atoms with Crippen molar-refractivity contribution in [1.29, 1.82) is 0 Å². The van der Waals surface area contributed by atoms with E-state index in [2.05, 4.69) is 51.8 Å². The molecule has 1 aromatic heterocycles. The quantitative estimate of drug-likeness (QED) is 0.270. The van der Waals surface area contributed by atoms with Crippen molar-refractivity contribution in [2.75, 3.05) is 45.9 Å². The molecule has 0 aliphatic carbocycles. The van der Waals surface area contributed by atoms with E-state index in [-0.39, 0.29) is 30.1 Å². The maximum absolute atomic E-state index is 11.9. The number of benzene rings is 1. The van der Waals surface area contributed by atoms with Crippen LogP contribution in [0.1, 0.15) is 26.1 Å². The minimum Gasteiger partial charge on any atom is -0.450 e. The van der Waals surface area contributed by atoms with E-state index in [1.54, 1.807) is 4.90 Å². The number of hydrogen-bond acceptors (Lipinski definition) is 4. The van der Waals surface area contributed by atoms with Crippen LogP contribution in [0, 0.1) is 6.92 Å². The smallest absolute Gasteiger partial charge is 0.409 e. The molecule has 166 valence electrons. The van der Waals surface area contributed by atoms with E-state index in [0.29, 0.717) is 19.7 Å². The number of nitrogens with zero attached hydrogens (tertiary/aromatic N) is 5. The molecular weight excluding hydrogens is 495 g/mol. The Morgan fingerprint density at radius 3 is 2.57 bits per heavy atom. The van der Waals surface area contributed by atoms with Crippen LogP contribution < -0.4 is 5.32 Å². The predicted octanol–water partition coefficient (Wildman–Crippen LogP) is 3.09. The number of aryl methyl sites for hydroxylation is 2. The molecular formula is C21H33IN6O2. The van der Waals surface area contributed by atoms with Crippen molar-refractivity contribution in [3.63, 3.8) is 0 Å². The Bertz CT molecular complexity index is 845. The number of guanidine groups is 1. The van der Waals surface area contributed by atoms with Gasteiger partial charge in [-0.2, -0.15) is 0 Å². The number of nitrogens with one attached hydrogen (secondary N) is 1. The zero-order valence-electron chi connectivity index (χ0n) is 18.1. The average molecular weight is 528 g/mol. The summed E-state index contributed by atoms with van der Waals surface area (Å²) in [4.78, 5) is 25.3. The van der Waals surface area contributed by atoms with Gasteiger partial charge in [-0.25, -0.2) is 9.78 Å². The van der Waals surface area contributed by atoms with E-state index in [0.717, 1.165) is 56.4 Å². The fraction of sp³-hybridized carbons (Fsp3) is 0.571. The minimum absolute atomic E-state index is 0. The molecule has 1 saturated heterocycles. The molecule has 0 atom stereocenters. The maximum Gasteiger partial charge on any atom is 0.409 e. The molecule has 1 aliphatic rings. The Labute approximate surface area is 195 Å². The van der Waals surface area contributed by atoms with Gasteiger partial charge in [-0.05, 0) is 39.3 Å². The number of carbonyl (C=O) groups excluding carboxylic acids is 1. The number of amides is 1. The van der Waals surface area contributed by atoms with E-state index < -0.39 is 0 Å². The second-order valence-electron chi connectivity index (χ2n) is 7.06. The van der Waals surface area contributed by atoms with Crippen LogP contribution in [0.2, 0.25) is 0 Å². The van der Waals surface area contributed by atoms with Gasteiger partial charge >= 0.3 is 6.09 Å².